The molecule has 0 atom stereocenters. The van der Waals surface area contributed by atoms with Gasteiger partial charge in [0.2, 0.25) is 15.7 Å². The number of thiazole rings is 1. The SMILES string of the molecule is O=C(C=Cc1ccc([N+](=O)[O-])cc1)Nc1ncc(S(=O)(=O)c2ccc([N+](=O)[O-])cc2)s1. The van der Waals surface area contributed by atoms with Gasteiger partial charge in [0.25, 0.3) is 11.4 Å². The number of sulfone groups is 1. The number of carbonyl (C=O) groups excluding carboxylic acids is 1. The van der Waals surface area contributed by atoms with E-state index in [0.29, 0.717) is 5.56 Å². The number of amides is 1. The zero-order valence-corrected chi connectivity index (χ0v) is 17.0. The fourth-order valence-corrected chi connectivity index (χ4v) is 4.77. The van der Waals surface area contributed by atoms with Crippen LogP contribution in [0.1, 0.15) is 5.56 Å². The summed E-state index contributed by atoms with van der Waals surface area (Å²) in [5.41, 5.74) is 0.239. The van der Waals surface area contributed by atoms with Crippen molar-refractivity contribution >= 4 is 49.7 Å². The lowest BCUT2D eigenvalue weighted by atomic mass is 10.2. The molecule has 0 bridgehead atoms. The van der Waals surface area contributed by atoms with Gasteiger partial charge in [-0.15, -0.1) is 0 Å². The molecule has 0 aliphatic heterocycles. The summed E-state index contributed by atoms with van der Waals surface area (Å²) in [6, 6.07) is 9.96. The molecular weight excluding hydrogens is 448 g/mol. The summed E-state index contributed by atoms with van der Waals surface area (Å²) in [6.45, 7) is 0. The normalized spacial score (nSPS) is 11.4. The molecule has 1 heterocycles. The third-order valence-electron chi connectivity index (χ3n) is 3.87. The standard InChI is InChI=1S/C18H12N4O7S2/c23-16(10-3-12-1-4-13(5-2-12)21(24)25)20-18-19-11-17(30-18)31(28,29)15-8-6-14(7-9-15)22(26)27/h1-11H,(H,19,20,23). The van der Waals surface area contributed by atoms with Crippen molar-refractivity contribution in [2.45, 2.75) is 9.10 Å². The molecule has 0 unspecified atom stereocenters. The number of aromatic nitrogens is 1. The van der Waals surface area contributed by atoms with Crippen LogP contribution in [0.5, 0.6) is 0 Å². The van der Waals surface area contributed by atoms with Crippen LogP contribution >= 0.6 is 11.3 Å². The quantitative estimate of drug-likeness (QED) is 0.318. The number of non-ortho nitro benzene ring substituents is 2. The summed E-state index contributed by atoms with van der Waals surface area (Å²) in [4.78, 5) is 35.9. The Labute approximate surface area is 178 Å². The lowest BCUT2D eigenvalue weighted by Gasteiger charge is -2.00. The molecule has 0 aliphatic carbocycles. The number of nitrogens with zero attached hydrogens (tertiary/aromatic N) is 3. The molecule has 0 saturated heterocycles. The minimum absolute atomic E-state index is 0.0406. The van der Waals surface area contributed by atoms with Crippen LogP contribution in [-0.4, -0.2) is 29.2 Å². The summed E-state index contributed by atoms with van der Waals surface area (Å²) in [6.07, 6.45) is 3.69. The Morgan fingerprint density at radius 2 is 1.52 bits per heavy atom. The van der Waals surface area contributed by atoms with Gasteiger partial charge in [0.05, 0.1) is 20.9 Å². The average Bonchev–Trinajstić information content (AvgIpc) is 3.22. The van der Waals surface area contributed by atoms with Gasteiger partial charge in [-0.3, -0.25) is 30.3 Å². The van der Waals surface area contributed by atoms with Crippen molar-refractivity contribution < 1.29 is 23.1 Å². The number of nitrogens with one attached hydrogen (secondary N) is 1. The first-order valence-electron chi connectivity index (χ1n) is 8.36. The summed E-state index contributed by atoms with van der Waals surface area (Å²) in [5, 5.41) is 23.8. The molecule has 0 radical (unpaired) electrons. The highest BCUT2D eigenvalue weighted by molar-refractivity contribution is 7.93. The molecule has 13 heteroatoms. The van der Waals surface area contributed by atoms with Gasteiger partial charge >= 0.3 is 0 Å². The van der Waals surface area contributed by atoms with Crippen molar-refractivity contribution in [3.8, 4) is 0 Å². The zero-order chi connectivity index (χ0) is 22.6. The van der Waals surface area contributed by atoms with Crippen molar-refractivity contribution in [3.63, 3.8) is 0 Å². The molecule has 0 fully saturated rings. The van der Waals surface area contributed by atoms with E-state index in [1.807, 2.05) is 0 Å². The highest BCUT2D eigenvalue weighted by Gasteiger charge is 2.22. The van der Waals surface area contributed by atoms with Crippen LogP contribution in [-0.2, 0) is 14.6 Å². The van der Waals surface area contributed by atoms with Gasteiger partial charge in [-0.2, -0.15) is 0 Å². The van der Waals surface area contributed by atoms with Crippen molar-refractivity contribution in [2.24, 2.45) is 0 Å². The van der Waals surface area contributed by atoms with Crippen molar-refractivity contribution in [1.29, 1.82) is 0 Å². The van der Waals surface area contributed by atoms with E-state index in [9.17, 15) is 33.4 Å². The fraction of sp³-hybridized carbons (Fsp3) is 0. The molecule has 1 amide bonds. The Kier molecular flexibility index (Phi) is 6.17. The summed E-state index contributed by atoms with van der Waals surface area (Å²) in [5.74, 6) is -0.577. The number of nitro benzene ring substituents is 2. The maximum absolute atomic E-state index is 12.6. The first-order chi connectivity index (χ1) is 14.7. The largest absolute Gasteiger partial charge is 0.298 e. The molecule has 0 saturated carbocycles. The molecule has 31 heavy (non-hydrogen) atoms. The topological polar surface area (TPSA) is 162 Å². The Bertz CT molecular complexity index is 1280. The van der Waals surface area contributed by atoms with E-state index in [0.717, 1.165) is 41.8 Å². The molecule has 2 aromatic carbocycles. The van der Waals surface area contributed by atoms with Crippen LogP contribution in [0, 0.1) is 20.2 Å². The number of rotatable bonds is 7. The minimum atomic E-state index is -3.95. The van der Waals surface area contributed by atoms with Crippen LogP contribution in [0.25, 0.3) is 6.08 Å². The predicted octanol–water partition coefficient (Wildman–Crippen LogP) is 3.44. The summed E-state index contributed by atoms with van der Waals surface area (Å²) >= 11 is 0.727. The Morgan fingerprint density at radius 3 is 2.06 bits per heavy atom. The molecule has 1 N–H and O–H groups in total. The van der Waals surface area contributed by atoms with E-state index >= 15 is 0 Å². The molecule has 158 valence electrons. The second-order valence-corrected chi connectivity index (χ2v) is 9.12. The third kappa shape index (κ3) is 5.15. The molecule has 11 nitrogen and oxygen atoms in total. The molecule has 3 aromatic rings. The van der Waals surface area contributed by atoms with Gasteiger partial charge in [-0.05, 0) is 35.9 Å². The Morgan fingerprint density at radius 1 is 0.968 bits per heavy atom. The molecule has 1 aromatic heterocycles. The molecule has 0 spiro atoms. The predicted molar refractivity (Wildman–Crippen MR) is 111 cm³/mol. The van der Waals surface area contributed by atoms with Crippen LogP contribution in [0.4, 0.5) is 16.5 Å². The van der Waals surface area contributed by atoms with Gasteiger partial charge in [-0.1, -0.05) is 11.3 Å². The number of hydrogen-bond donors (Lipinski definition) is 1. The number of carbonyl (C=O) groups is 1. The number of anilines is 1. The van der Waals surface area contributed by atoms with E-state index in [2.05, 4.69) is 10.3 Å². The first kappa shape index (κ1) is 21.7. The van der Waals surface area contributed by atoms with E-state index in [1.165, 1.54) is 36.4 Å². The molecule has 0 aliphatic rings. The van der Waals surface area contributed by atoms with Gasteiger partial charge in [-0.25, -0.2) is 13.4 Å². The fourth-order valence-electron chi connectivity index (χ4n) is 2.33. The van der Waals surface area contributed by atoms with E-state index in [1.54, 1.807) is 0 Å². The van der Waals surface area contributed by atoms with Gasteiger partial charge < -0.3 is 0 Å². The van der Waals surface area contributed by atoms with E-state index < -0.39 is 25.6 Å². The van der Waals surface area contributed by atoms with Gasteiger partial charge in [0.15, 0.2) is 5.13 Å². The average molecular weight is 460 g/mol. The highest BCUT2D eigenvalue weighted by atomic mass is 32.2. The molecular formula is C18H12N4O7S2. The minimum Gasteiger partial charge on any atom is -0.298 e. The second kappa shape index (κ2) is 8.81. The van der Waals surface area contributed by atoms with Crippen LogP contribution in [0.2, 0.25) is 0 Å². The third-order valence-corrected chi connectivity index (χ3v) is 7.01. The van der Waals surface area contributed by atoms with E-state index in [4.69, 9.17) is 0 Å². The van der Waals surface area contributed by atoms with Gasteiger partial charge in [0, 0.05) is 30.3 Å². The van der Waals surface area contributed by atoms with Crippen LogP contribution in [0.15, 0.2) is 69.9 Å². The van der Waals surface area contributed by atoms with Crippen LogP contribution < -0.4 is 5.32 Å². The van der Waals surface area contributed by atoms with Crippen molar-refractivity contribution in [1.82, 2.24) is 4.98 Å². The number of hydrogen-bond acceptors (Lipinski definition) is 9. The monoisotopic (exact) mass is 460 g/mol. The second-order valence-electron chi connectivity index (χ2n) is 5.91. The molecule has 3 rings (SSSR count). The summed E-state index contributed by atoms with van der Waals surface area (Å²) < 4.78 is 25.1. The number of nitro groups is 2. The van der Waals surface area contributed by atoms with Gasteiger partial charge in [0.1, 0.15) is 4.21 Å². The lowest BCUT2D eigenvalue weighted by Crippen LogP contribution is -2.07. The maximum Gasteiger partial charge on any atom is 0.269 e. The smallest absolute Gasteiger partial charge is 0.269 e. The highest BCUT2D eigenvalue weighted by Crippen LogP contribution is 2.29. The zero-order valence-electron chi connectivity index (χ0n) is 15.4. The summed E-state index contributed by atoms with van der Waals surface area (Å²) in [7, 11) is -3.95. The van der Waals surface area contributed by atoms with Crippen LogP contribution in [0.3, 0.4) is 0 Å². The Hall–Kier alpha value is -3.97. The van der Waals surface area contributed by atoms with Crippen molar-refractivity contribution in [2.75, 3.05) is 5.32 Å². The maximum atomic E-state index is 12.6. The van der Waals surface area contributed by atoms with Crippen molar-refractivity contribution in [3.05, 3.63) is 86.6 Å². The van der Waals surface area contributed by atoms with E-state index in [-0.39, 0.29) is 25.6 Å². The lowest BCUT2D eigenvalue weighted by molar-refractivity contribution is -0.385. The Balaban J connectivity index is 1.69. The first-order valence-corrected chi connectivity index (χ1v) is 10.7. The number of benzene rings is 2.